The zero-order valence-corrected chi connectivity index (χ0v) is 12.1. The molecule has 0 aromatic carbocycles. The minimum Gasteiger partial charge on any atom is -0.368 e. The number of amides is 3. The molecule has 112 valence electrons. The second kappa shape index (κ2) is 8.91. The SMILES string of the molecule is CC(=O)N[C@@H](C(=O)N[C@H](CCCC#N)C(N)=O)C(C)C. The Morgan fingerprint density at radius 1 is 1.25 bits per heavy atom. The zero-order chi connectivity index (χ0) is 15.7. The molecule has 0 heterocycles. The first-order chi connectivity index (χ1) is 9.29. The molecule has 0 fully saturated rings. The molecule has 3 amide bonds. The highest BCUT2D eigenvalue weighted by atomic mass is 16.2. The summed E-state index contributed by atoms with van der Waals surface area (Å²) in [6, 6.07) is 0.415. The van der Waals surface area contributed by atoms with Gasteiger partial charge < -0.3 is 16.4 Å². The third-order valence-electron chi connectivity index (χ3n) is 2.75. The molecule has 0 saturated carbocycles. The van der Waals surface area contributed by atoms with Gasteiger partial charge in [0.05, 0.1) is 6.07 Å². The lowest BCUT2D eigenvalue weighted by molar-refractivity contribution is -0.131. The third kappa shape index (κ3) is 6.73. The van der Waals surface area contributed by atoms with Gasteiger partial charge in [0.15, 0.2) is 0 Å². The van der Waals surface area contributed by atoms with Gasteiger partial charge >= 0.3 is 0 Å². The molecule has 4 N–H and O–H groups in total. The second-order valence-corrected chi connectivity index (χ2v) is 4.94. The van der Waals surface area contributed by atoms with Crippen molar-refractivity contribution >= 4 is 17.7 Å². The largest absolute Gasteiger partial charge is 0.368 e. The first-order valence-corrected chi connectivity index (χ1v) is 6.53. The van der Waals surface area contributed by atoms with Crippen LogP contribution in [0, 0.1) is 17.2 Å². The van der Waals surface area contributed by atoms with Crippen molar-refractivity contribution in [2.75, 3.05) is 0 Å². The lowest BCUT2D eigenvalue weighted by Gasteiger charge is -2.23. The minimum absolute atomic E-state index is 0.119. The molecular weight excluding hydrogens is 260 g/mol. The molecule has 0 rings (SSSR count). The van der Waals surface area contributed by atoms with Crippen LogP contribution in [-0.4, -0.2) is 29.8 Å². The Balaban J connectivity index is 4.66. The first kappa shape index (κ1) is 17.9. The fraction of sp³-hybridized carbons (Fsp3) is 0.692. The van der Waals surface area contributed by atoms with E-state index in [2.05, 4.69) is 10.6 Å². The van der Waals surface area contributed by atoms with Crippen molar-refractivity contribution < 1.29 is 14.4 Å². The van der Waals surface area contributed by atoms with Crippen LogP contribution in [0.25, 0.3) is 0 Å². The number of nitriles is 1. The molecule has 0 aliphatic heterocycles. The maximum absolute atomic E-state index is 12.1. The molecule has 0 aromatic heterocycles. The summed E-state index contributed by atoms with van der Waals surface area (Å²) in [4.78, 5) is 34.4. The normalized spacial score (nSPS) is 13.2. The van der Waals surface area contributed by atoms with E-state index in [0.717, 1.165) is 0 Å². The van der Waals surface area contributed by atoms with Crippen LogP contribution in [0.2, 0.25) is 0 Å². The first-order valence-electron chi connectivity index (χ1n) is 6.53. The molecule has 0 aliphatic carbocycles. The van der Waals surface area contributed by atoms with E-state index in [9.17, 15) is 14.4 Å². The van der Waals surface area contributed by atoms with Crippen LogP contribution in [0.5, 0.6) is 0 Å². The van der Waals surface area contributed by atoms with Gasteiger partial charge in [-0.1, -0.05) is 13.8 Å². The average molecular weight is 282 g/mol. The van der Waals surface area contributed by atoms with Crippen LogP contribution in [0.4, 0.5) is 0 Å². The van der Waals surface area contributed by atoms with Crippen molar-refractivity contribution in [1.82, 2.24) is 10.6 Å². The van der Waals surface area contributed by atoms with Crippen LogP contribution in [0.15, 0.2) is 0 Å². The van der Waals surface area contributed by atoms with E-state index in [1.54, 1.807) is 13.8 Å². The molecular formula is C13H22N4O3. The number of nitrogens with two attached hydrogens (primary N) is 1. The number of carbonyl (C=O) groups is 3. The number of rotatable bonds is 8. The Morgan fingerprint density at radius 3 is 2.25 bits per heavy atom. The Labute approximate surface area is 118 Å². The quantitative estimate of drug-likeness (QED) is 0.533. The van der Waals surface area contributed by atoms with Crippen molar-refractivity contribution in [3.8, 4) is 6.07 Å². The summed E-state index contributed by atoms with van der Waals surface area (Å²) in [5, 5.41) is 13.5. The highest BCUT2D eigenvalue weighted by Crippen LogP contribution is 2.05. The lowest BCUT2D eigenvalue weighted by atomic mass is 10.0. The highest BCUT2D eigenvalue weighted by Gasteiger charge is 2.26. The lowest BCUT2D eigenvalue weighted by Crippen LogP contribution is -2.54. The van der Waals surface area contributed by atoms with Gasteiger partial charge in [0, 0.05) is 13.3 Å². The van der Waals surface area contributed by atoms with Crippen molar-refractivity contribution in [2.24, 2.45) is 11.7 Å². The van der Waals surface area contributed by atoms with Crippen LogP contribution in [-0.2, 0) is 14.4 Å². The Kier molecular flexibility index (Phi) is 7.97. The molecule has 0 aliphatic rings. The van der Waals surface area contributed by atoms with Crippen LogP contribution in [0.1, 0.15) is 40.0 Å². The predicted molar refractivity (Wildman–Crippen MR) is 73.0 cm³/mol. The summed E-state index contributed by atoms with van der Waals surface area (Å²) >= 11 is 0. The number of unbranched alkanes of at least 4 members (excludes halogenated alkanes) is 1. The van der Waals surface area contributed by atoms with Gasteiger partial charge in [0.25, 0.3) is 0 Å². The number of nitrogens with one attached hydrogen (secondary N) is 2. The standard InChI is InChI=1S/C13H22N4O3/c1-8(2)11(16-9(3)18)13(20)17-10(12(15)19)6-4-5-7-14/h8,10-11H,4-6H2,1-3H3,(H2,15,19)(H,16,18)(H,17,20)/t10-,11-/m1/s1. The molecule has 2 atom stereocenters. The Morgan fingerprint density at radius 2 is 1.85 bits per heavy atom. The van der Waals surface area contributed by atoms with Crippen molar-refractivity contribution in [1.29, 1.82) is 5.26 Å². The molecule has 20 heavy (non-hydrogen) atoms. The van der Waals surface area contributed by atoms with E-state index in [1.165, 1.54) is 6.92 Å². The van der Waals surface area contributed by atoms with Gasteiger partial charge in [-0.25, -0.2) is 0 Å². The molecule has 0 spiro atoms. The maximum Gasteiger partial charge on any atom is 0.243 e. The topological polar surface area (TPSA) is 125 Å². The van der Waals surface area contributed by atoms with E-state index in [-0.39, 0.29) is 11.8 Å². The van der Waals surface area contributed by atoms with Crippen molar-refractivity contribution in [3.05, 3.63) is 0 Å². The zero-order valence-electron chi connectivity index (χ0n) is 12.1. The molecule has 7 heteroatoms. The fourth-order valence-electron chi connectivity index (χ4n) is 1.69. The number of hydrogen-bond donors (Lipinski definition) is 3. The van der Waals surface area contributed by atoms with Crippen LogP contribution >= 0.6 is 0 Å². The van der Waals surface area contributed by atoms with Gasteiger partial charge in [-0.2, -0.15) is 5.26 Å². The number of nitrogens with zero attached hydrogens (tertiary/aromatic N) is 1. The van der Waals surface area contributed by atoms with E-state index in [4.69, 9.17) is 11.0 Å². The smallest absolute Gasteiger partial charge is 0.243 e. The molecule has 0 radical (unpaired) electrons. The number of primary amides is 1. The van der Waals surface area contributed by atoms with Crippen molar-refractivity contribution in [3.63, 3.8) is 0 Å². The van der Waals surface area contributed by atoms with Gasteiger partial charge in [0.1, 0.15) is 12.1 Å². The van der Waals surface area contributed by atoms with Gasteiger partial charge in [0.2, 0.25) is 17.7 Å². The minimum atomic E-state index is -0.828. The summed E-state index contributed by atoms with van der Waals surface area (Å²) in [7, 11) is 0. The van der Waals surface area contributed by atoms with Gasteiger partial charge in [-0.3, -0.25) is 14.4 Å². The molecule has 7 nitrogen and oxygen atoms in total. The number of carbonyl (C=O) groups excluding carboxylic acids is 3. The van der Waals surface area contributed by atoms with E-state index in [1.807, 2.05) is 6.07 Å². The summed E-state index contributed by atoms with van der Waals surface area (Å²) in [5.41, 5.74) is 5.22. The summed E-state index contributed by atoms with van der Waals surface area (Å²) in [5.74, 6) is -1.54. The van der Waals surface area contributed by atoms with Crippen LogP contribution < -0.4 is 16.4 Å². The van der Waals surface area contributed by atoms with Gasteiger partial charge in [-0.15, -0.1) is 0 Å². The second-order valence-electron chi connectivity index (χ2n) is 4.94. The van der Waals surface area contributed by atoms with E-state index >= 15 is 0 Å². The summed E-state index contributed by atoms with van der Waals surface area (Å²) < 4.78 is 0. The molecule has 0 unspecified atom stereocenters. The maximum atomic E-state index is 12.1. The Bertz CT molecular complexity index is 401. The Hall–Kier alpha value is -2.10. The molecule has 0 aromatic rings. The average Bonchev–Trinajstić information content (AvgIpc) is 2.33. The third-order valence-corrected chi connectivity index (χ3v) is 2.75. The summed E-state index contributed by atoms with van der Waals surface area (Å²) in [6.45, 7) is 4.89. The van der Waals surface area contributed by atoms with E-state index < -0.39 is 23.9 Å². The van der Waals surface area contributed by atoms with Crippen LogP contribution in [0.3, 0.4) is 0 Å². The molecule has 0 saturated heterocycles. The molecule has 0 bridgehead atoms. The monoisotopic (exact) mass is 282 g/mol. The van der Waals surface area contributed by atoms with E-state index in [0.29, 0.717) is 19.3 Å². The number of hydrogen-bond acceptors (Lipinski definition) is 4. The van der Waals surface area contributed by atoms with Gasteiger partial charge in [-0.05, 0) is 18.8 Å². The fourth-order valence-corrected chi connectivity index (χ4v) is 1.69. The van der Waals surface area contributed by atoms with Crippen molar-refractivity contribution in [2.45, 2.75) is 52.1 Å². The predicted octanol–water partition coefficient (Wildman–Crippen LogP) is -0.189. The summed E-state index contributed by atoms with van der Waals surface area (Å²) in [6.07, 6.45) is 1.06. The highest BCUT2D eigenvalue weighted by molar-refractivity contribution is 5.91.